The number of aromatic nitrogens is 2. The smallest absolute Gasteiger partial charge is 0.347 e. The molecule has 5 aromatic rings. The normalized spacial score (nSPS) is 11.6. The molecular formula is C25H16Cl2N2O5S. The number of ether oxygens (including phenoxy) is 2. The van der Waals surface area contributed by atoms with Gasteiger partial charge in [-0.25, -0.2) is 4.79 Å². The molecule has 4 aromatic carbocycles. The minimum Gasteiger partial charge on any atom is -0.497 e. The average molecular weight is 527 g/mol. The number of hydrogen-bond acceptors (Lipinski definition) is 6. The molecule has 0 aliphatic carbocycles. The van der Waals surface area contributed by atoms with E-state index >= 15 is 0 Å². The minimum atomic E-state index is -4.19. The molecule has 0 saturated heterocycles. The number of rotatable bonds is 5. The molecule has 1 heterocycles. The van der Waals surface area contributed by atoms with Crippen molar-refractivity contribution in [2.45, 2.75) is 4.90 Å². The van der Waals surface area contributed by atoms with Crippen molar-refractivity contribution >= 4 is 60.9 Å². The Bertz CT molecular complexity index is 1710. The van der Waals surface area contributed by atoms with Gasteiger partial charge < -0.3 is 9.47 Å². The predicted octanol–water partition coefficient (Wildman–Crippen LogP) is 5.96. The lowest BCUT2D eigenvalue weighted by molar-refractivity contribution is 0.0729. The van der Waals surface area contributed by atoms with Crippen LogP contribution in [0.1, 0.15) is 10.4 Å². The molecule has 0 unspecified atom stereocenters. The fourth-order valence-electron chi connectivity index (χ4n) is 3.77. The number of hydrogen-bond donors (Lipinski definition) is 0. The molecule has 0 bridgehead atoms. The molecule has 5 rings (SSSR count). The Balaban J connectivity index is 1.70. The lowest BCUT2D eigenvalue weighted by Gasteiger charge is -2.09. The van der Waals surface area contributed by atoms with Crippen molar-refractivity contribution in [3.05, 3.63) is 94.5 Å². The van der Waals surface area contributed by atoms with Crippen LogP contribution in [-0.2, 0) is 10.0 Å². The van der Waals surface area contributed by atoms with Crippen LogP contribution in [0.3, 0.4) is 0 Å². The van der Waals surface area contributed by atoms with E-state index in [0.29, 0.717) is 11.1 Å². The van der Waals surface area contributed by atoms with Crippen molar-refractivity contribution in [1.82, 2.24) is 9.19 Å². The summed E-state index contributed by atoms with van der Waals surface area (Å²) in [5, 5.41) is 5.91. The lowest BCUT2D eigenvalue weighted by Crippen LogP contribution is -2.16. The molecule has 0 N–H and O–H groups in total. The topological polar surface area (TPSA) is 87.5 Å². The summed E-state index contributed by atoms with van der Waals surface area (Å²) < 4.78 is 39.2. The van der Waals surface area contributed by atoms with Gasteiger partial charge in [-0.05, 0) is 41.8 Å². The Hall–Kier alpha value is -3.59. The Morgan fingerprint density at radius 3 is 2.31 bits per heavy atom. The summed E-state index contributed by atoms with van der Waals surface area (Å²) in [6.45, 7) is 0. The van der Waals surface area contributed by atoms with Crippen LogP contribution in [0.2, 0.25) is 10.0 Å². The number of fused-ring (bicyclic) bond motifs is 2. The lowest BCUT2D eigenvalue weighted by atomic mass is 10.1. The second kappa shape index (κ2) is 8.88. The molecule has 176 valence electrons. The molecule has 0 atom stereocenters. The number of nitrogens with zero attached hydrogens (tertiary/aromatic N) is 2. The molecule has 7 nitrogen and oxygen atoms in total. The third-order valence-corrected chi connectivity index (χ3v) is 7.71. The van der Waals surface area contributed by atoms with Gasteiger partial charge in [-0.3, -0.25) is 0 Å². The first kappa shape index (κ1) is 23.2. The fourth-order valence-corrected chi connectivity index (χ4v) is 5.83. The molecule has 0 saturated carbocycles. The van der Waals surface area contributed by atoms with E-state index < -0.39 is 16.0 Å². The third kappa shape index (κ3) is 3.99. The van der Waals surface area contributed by atoms with Gasteiger partial charge in [-0.2, -0.15) is 8.42 Å². The van der Waals surface area contributed by atoms with Crippen molar-refractivity contribution in [2.75, 3.05) is 7.11 Å². The molecule has 0 spiro atoms. The zero-order chi connectivity index (χ0) is 24.7. The first-order valence-electron chi connectivity index (χ1n) is 10.3. The zero-order valence-electron chi connectivity index (χ0n) is 18.1. The van der Waals surface area contributed by atoms with Gasteiger partial charge in [0.25, 0.3) is 15.9 Å². The van der Waals surface area contributed by atoms with Gasteiger partial charge in [0.2, 0.25) is 0 Å². The highest BCUT2D eigenvalue weighted by molar-refractivity contribution is 7.90. The van der Waals surface area contributed by atoms with Gasteiger partial charge in [0.05, 0.1) is 38.5 Å². The second-order valence-electron chi connectivity index (χ2n) is 7.50. The van der Waals surface area contributed by atoms with Gasteiger partial charge in [0.1, 0.15) is 5.75 Å². The van der Waals surface area contributed by atoms with Crippen molar-refractivity contribution in [3.8, 4) is 11.6 Å². The first-order valence-corrected chi connectivity index (χ1v) is 12.5. The zero-order valence-corrected chi connectivity index (χ0v) is 20.4. The van der Waals surface area contributed by atoms with Crippen LogP contribution >= 0.6 is 23.2 Å². The highest BCUT2D eigenvalue weighted by atomic mass is 35.5. The monoisotopic (exact) mass is 526 g/mol. The summed E-state index contributed by atoms with van der Waals surface area (Å²) in [4.78, 5) is 13.0. The summed E-state index contributed by atoms with van der Waals surface area (Å²) in [5.74, 6) is -0.686. The maximum atomic E-state index is 13.8. The third-order valence-electron chi connectivity index (χ3n) is 5.43. The van der Waals surface area contributed by atoms with Crippen molar-refractivity contribution < 1.29 is 22.7 Å². The quantitative estimate of drug-likeness (QED) is 0.262. The summed E-state index contributed by atoms with van der Waals surface area (Å²) in [6, 6.07) is 21.3. The number of esters is 1. The molecule has 0 radical (unpaired) electrons. The van der Waals surface area contributed by atoms with Crippen LogP contribution in [0, 0.1) is 0 Å². The molecule has 0 aliphatic rings. The van der Waals surface area contributed by atoms with Crippen molar-refractivity contribution in [2.24, 2.45) is 0 Å². The molecule has 0 amide bonds. The molecule has 35 heavy (non-hydrogen) atoms. The Morgan fingerprint density at radius 1 is 0.886 bits per heavy atom. The van der Waals surface area contributed by atoms with Gasteiger partial charge in [-0.1, -0.05) is 65.7 Å². The van der Waals surface area contributed by atoms with Gasteiger partial charge in [0, 0.05) is 5.39 Å². The van der Waals surface area contributed by atoms with E-state index in [4.69, 9.17) is 32.7 Å². The van der Waals surface area contributed by atoms with E-state index in [2.05, 4.69) is 5.10 Å². The molecule has 0 aliphatic heterocycles. The van der Waals surface area contributed by atoms with E-state index in [1.54, 1.807) is 30.3 Å². The number of methoxy groups -OCH3 is 1. The summed E-state index contributed by atoms with van der Waals surface area (Å²) in [5.41, 5.74) is 0.144. The van der Waals surface area contributed by atoms with E-state index in [-0.39, 0.29) is 37.3 Å². The SMILES string of the molecule is COc1ccc2c(c1)c(OC(=O)c1c(Cl)cccc1Cl)nn2S(=O)(=O)c1cccc2ccccc12. The van der Waals surface area contributed by atoms with Crippen LogP contribution in [0.15, 0.2) is 83.8 Å². The Kier molecular flexibility index (Phi) is 5.88. The maximum Gasteiger partial charge on any atom is 0.347 e. The van der Waals surface area contributed by atoms with Crippen molar-refractivity contribution in [3.63, 3.8) is 0 Å². The Labute approximate surface area is 210 Å². The van der Waals surface area contributed by atoms with Crippen LogP contribution in [-0.4, -0.2) is 30.7 Å². The van der Waals surface area contributed by atoms with E-state index in [1.807, 2.05) is 18.2 Å². The largest absolute Gasteiger partial charge is 0.497 e. The first-order chi connectivity index (χ1) is 16.8. The summed E-state index contributed by atoms with van der Waals surface area (Å²) >= 11 is 12.3. The van der Waals surface area contributed by atoms with Gasteiger partial charge in [0.15, 0.2) is 0 Å². The summed E-state index contributed by atoms with van der Waals surface area (Å²) in [6.07, 6.45) is 0. The maximum absolute atomic E-state index is 13.8. The average Bonchev–Trinajstić information content (AvgIpc) is 3.21. The van der Waals surface area contributed by atoms with Crippen LogP contribution < -0.4 is 9.47 Å². The number of halogens is 2. The van der Waals surface area contributed by atoms with E-state index in [1.165, 1.54) is 37.4 Å². The molecule has 10 heteroatoms. The van der Waals surface area contributed by atoms with E-state index in [9.17, 15) is 13.2 Å². The van der Waals surface area contributed by atoms with Crippen molar-refractivity contribution in [1.29, 1.82) is 0 Å². The van der Waals surface area contributed by atoms with Crippen LogP contribution in [0.5, 0.6) is 11.6 Å². The molecule has 1 aromatic heterocycles. The van der Waals surface area contributed by atoms with Crippen LogP contribution in [0.25, 0.3) is 21.7 Å². The van der Waals surface area contributed by atoms with Gasteiger partial charge in [-0.15, -0.1) is 9.19 Å². The number of carbonyl (C=O) groups excluding carboxylic acids is 1. The molecular weight excluding hydrogens is 511 g/mol. The number of benzene rings is 4. The molecule has 0 fully saturated rings. The highest BCUT2D eigenvalue weighted by Gasteiger charge is 2.27. The fraction of sp³-hybridized carbons (Fsp3) is 0.0400. The highest BCUT2D eigenvalue weighted by Crippen LogP contribution is 2.34. The standard InChI is InChI=1S/C25H16Cl2N2O5S/c1-33-16-12-13-21-18(14-16)24(34-25(30)23-19(26)9-5-10-20(23)27)28-29(21)35(31,32)22-11-4-7-15-6-2-3-8-17(15)22/h2-14H,1H3. The predicted molar refractivity (Wildman–Crippen MR) is 134 cm³/mol. The summed E-state index contributed by atoms with van der Waals surface area (Å²) in [7, 11) is -2.72. The minimum absolute atomic E-state index is 0.0571. The Morgan fingerprint density at radius 2 is 1.57 bits per heavy atom. The van der Waals surface area contributed by atoms with E-state index in [0.717, 1.165) is 9.47 Å². The number of carbonyl (C=O) groups is 1. The van der Waals surface area contributed by atoms with Crippen LogP contribution in [0.4, 0.5) is 0 Å². The van der Waals surface area contributed by atoms with Gasteiger partial charge >= 0.3 is 5.97 Å². The second-order valence-corrected chi connectivity index (χ2v) is 10.0.